The van der Waals surface area contributed by atoms with Crippen molar-refractivity contribution in [3.05, 3.63) is 102 Å². The molecule has 0 spiro atoms. The maximum atomic E-state index is 13.4. The molecule has 0 N–H and O–H groups in total. The molecule has 6 rings (SSSR count). The Morgan fingerprint density at radius 3 is 2.34 bits per heavy atom. The summed E-state index contributed by atoms with van der Waals surface area (Å²) in [6, 6.07) is 13.6. The van der Waals surface area contributed by atoms with Gasteiger partial charge in [0.05, 0.1) is 42.7 Å². The van der Waals surface area contributed by atoms with Gasteiger partial charge in [0.25, 0.3) is 5.95 Å². The molecule has 0 bridgehead atoms. The summed E-state index contributed by atoms with van der Waals surface area (Å²) in [7, 11) is 0. The molecule has 6 aromatic rings. The van der Waals surface area contributed by atoms with Gasteiger partial charge in [0.15, 0.2) is 5.65 Å². The van der Waals surface area contributed by atoms with E-state index in [-0.39, 0.29) is 18.3 Å². The number of halogens is 2. The molecule has 5 aromatic heterocycles. The number of pyridine rings is 1. The first-order valence-corrected chi connectivity index (χ1v) is 12.2. The second kappa shape index (κ2) is 9.62. The van der Waals surface area contributed by atoms with Crippen molar-refractivity contribution in [2.45, 2.75) is 26.3 Å². The number of aryl methyl sites for hydroxylation is 2. The van der Waals surface area contributed by atoms with Gasteiger partial charge >= 0.3 is 0 Å². The molecular formula is C28H24F2N8. The maximum Gasteiger partial charge on any atom is 0.254 e. The maximum absolute atomic E-state index is 13.4. The molecule has 1 aromatic carbocycles. The van der Waals surface area contributed by atoms with Crippen molar-refractivity contribution in [3.8, 4) is 28.5 Å². The van der Waals surface area contributed by atoms with Gasteiger partial charge in [-0.15, -0.1) is 5.10 Å². The molecule has 0 saturated carbocycles. The Bertz CT molecular complexity index is 1710. The Morgan fingerprint density at radius 2 is 1.61 bits per heavy atom. The topological polar surface area (TPSA) is 78.7 Å². The fourth-order valence-electron chi connectivity index (χ4n) is 4.63. The first-order chi connectivity index (χ1) is 18.5. The molecule has 0 aliphatic rings. The van der Waals surface area contributed by atoms with Crippen LogP contribution in [-0.2, 0) is 0 Å². The van der Waals surface area contributed by atoms with E-state index in [9.17, 15) is 8.78 Å². The number of hydrogen-bond acceptors (Lipinski definition) is 5. The number of rotatable bonds is 7. The minimum Gasteiger partial charge on any atom is -0.286 e. The Labute approximate surface area is 217 Å². The van der Waals surface area contributed by atoms with Gasteiger partial charge in [0, 0.05) is 41.3 Å². The van der Waals surface area contributed by atoms with Crippen LogP contribution in [0.5, 0.6) is 0 Å². The molecule has 190 valence electrons. The lowest BCUT2D eigenvalue weighted by atomic mass is 10.0. The van der Waals surface area contributed by atoms with Crippen molar-refractivity contribution in [1.82, 2.24) is 38.9 Å². The van der Waals surface area contributed by atoms with Crippen LogP contribution in [0.15, 0.2) is 79.5 Å². The van der Waals surface area contributed by atoms with Crippen molar-refractivity contribution in [3.63, 3.8) is 0 Å². The SMILES string of the molecule is Cc1ccc(C)n1-c1nc2cc(-c3cncc(-c4cnn(C(CCF)c5ccc(F)cc5)c4)n3)ccn2n1. The van der Waals surface area contributed by atoms with E-state index in [0.29, 0.717) is 23.0 Å². The highest BCUT2D eigenvalue weighted by atomic mass is 19.1. The van der Waals surface area contributed by atoms with Gasteiger partial charge in [-0.1, -0.05) is 12.1 Å². The molecule has 0 radical (unpaired) electrons. The Morgan fingerprint density at radius 1 is 0.868 bits per heavy atom. The van der Waals surface area contributed by atoms with E-state index in [0.717, 1.165) is 28.1 Å². The minimum atomic E-state index is -0.525. The van der Waals surface area contributed by atoms with Crippen LogP contribution >= 0.6 is 0 Å². The van der Waals surface area contributed by atoms with Crippen molar-refractivity contribution in [1.29, 1.82) is 0 Å². The van der Waals surface area contributed by atoms with Crippen molar-refractivity contribution < 1.29 is 8.78 Å². The van der Waals surface area contributed by atoms with E-state index in [4.69, 9.17) is 9.97 Å². The molecular weight excluding hydrogens is 486 g/mol. The third kappa shape index (κ3) is 4.34. The van der Waals surface area contributed by atoms with Crippen LogP contribution in [0.2, 0.25) is 0 Å². The van der Waals surface area contributed by atoms with Gasteiger partial charge in [-0.2, -0.15) is 10.1 Å². The average molecular weight is 511 g/mol. The summed E-state index contributed by atoms with van der Waals surface area (Å²) in [5, 5.41) is 9.07. The van der Waals surface area contributed by atoms with Gasteiger partial charge in [0.1, 0.15) is 5.82 Å². The lowest BCUT2D eigenvalue weighted by molar-refractivity contribution is 0.395. The number of alkyl halides is 1. The van der Waals surface area contributed by atoms with Gasteiger partial charge in [-0.05, 0) is 55.8 Å². The molecule has 38 heavy (non-hydrogen) atoms. The third-order valence-electron chi connectivity index (χ3n) is 6.58. The highest BCUT2D eigenvalue weighted by molar-refractivity contribution is 5.66. The molecule has 5 heterocycles. The average Bonchev–Trinajstić information content (AvgIpc) is 3.66. The Kier molecular flexibility index (Phi) is 5.99. The Hall–Kier alpha value is -4.73. The number of nitrogens with zero attached hydrogens (tertiary/aromatic N) is 8. The molecule has 1 unspecified atom stereocenters. The lowest BCUT2D eigenvalue weighted by Gasteiger charge is -2.16. The second-order valence-corrected chi connectivity index (χ2v) is 9.13. The molecule has 8 nitrogen and oxygen atoms in total. The number of fused-ring (bicyclic) bond motifs is 1. The summed E-state index contributed by atoms with van der Waals surface area (Å²) in [5.74, 6) is 0.273. The van der Waals surface area contributed by atoms with E-state index in [1.807, 2.05) is 55.1 Å². The molecule has 0 saturated heterocycles. The first kappa shape index (κ1) is 23.7. The fraction of sp³-hybridized carbons (Fsp3) is 0.179. The van der Waals surface area contributed by atoms with Gasteiger partial charge < -0.3 is 0 Å². The summed E-state index contributed by atoms with van der Waals surface area (Å²) in [6.07, 6.45) is 8.93. The fourth-order valence-corrected chi connectivity index (χ4v) is 4.63. The van der Waals surface area contributed by atoms with Gasteiger partial charge in [0.2, 0.25) is 0 Å². The number of hydrogen-bond donors (Lipinski definition) is 0. The van der Waals surface area contributed by atoms with Gasteiger partial charge in [-0.3, -0.25) is 18.6 Å². The molecule has 0 amide bonds. The van der Waals surface area contributed by atoms with Crippen LogP contribution in [-0.4, -0.2) is 45.6 Å². The van der Waals surface area contributed by atoms with Crippen LogP contribution in [0.25, 0.3) is 34.1 Å². The van der Waals surface area contributed by atoms with E-state index >= 15 is 0 Å². The second-order valence-electron chi connectivity index (χ2n) is 9.13. The van der Waals surface area contributed by atoms with E-state index < -0.39 is 6.67 Å². The standard InChI is InChI=1S/C28H24F2N8/c1-18-3-4-19(2)38(18)28-34-27-13-21(10-12-36(27)35-28)24-15-31-16-25(33-24)22-14-32-37(17-22)26(9-11-29)20-5-7-23(30)8-6-20/h3-8,10,12-17,26H,9,11H2,1-2H3. The predicted octanol–water partition coefficient (Wildman–Crippen LogP) is 5.55. The first-order valence-electron chi connectivity index (χ1n) is 12.2. The quantitative estimate of drug-likeness (QED) is 0.282. The summed E-state index contributed by atoms with van der Waals surface area (Å²) >= 11 is 0. The molecule has 0 aliphatic heterocycles. The minimum absolute atomic E-state index is 0.223. The summed E-state index contributed by atoms with van der Waals surface area (Å²) < 4.78 is 32.2. The summed E-state index contributed by atoms with van der Waals surface area (Å²) in [6.45, 7) is 3.52. The van der Waals surface area contributed by atoms with Crippen LogP contribution in [0.1, 0.15) is 29.4 Å². The summed E-state index contributed by atoms with van der Waals surface area (Å²) in [4.78, 5) is 13.9. The van der Waals surface area contributed by atoms with Crippen molar-refractivity contribution in [2.24, 2.45) is 0 Å². The molecule has 0 aliphatic carbocycles. The van der Waals surface area contributed by atoms with Crippen molar-refractivity contribution in [2.75, 3.05) is 6.67 Å². The van der Waals surface area contributed by atoms with Crippen LogP contribution in [0.3, 0.4) is 0 Å². The normalized spacial score (nSPS) is 12.3. The molecule has 0 fully saturated rings. The zero-order valence-corrected chi connectivity index (χ0v) is 20.8. The highest BCUT2D eigenvalue weighted by Gasteiger charge is 2.17. The largest absolute Gasteiger partial charge is 0.286 e. The lowest BCUT2D eigenvalue weighted by Crippen LogP contribution is -2.12. The van der Waals surface area contributed by atoms with Crippen molar-refractivity contribution >= 4 is 5.65 Å². The zero-order chi connectivity index (χ0) is 26.2. The smallest absolute Gasteiger partial charge is 0.254 e. The van der Waals surface area contributed by atoms with E-state index in [1.165, 1.54) is 12.1 Å². The third-order valence-corrected chi connectivity index (χ3v) is 6.58. The summed E-state index contributed by atoms with van der Waals surface area (Å²) in [5.41, 5.74) is 6.50. The number of benzene rings is 1. The van der Waals surface area contributed by atoms with Gasteiger partial charge in [-0.25, -0.2) is 13.9 Å². The van der Waals surface area contributed by atoms with E-state index in [2.05, 4.69) is 15.2 Å². The van der Waals surface area contributed by atoms with Crippen LogP contribution in [0.4, 0.5) is 8.78 Å². The van der Waals surface area contributed by atoms with Crippen LogP contribution < -0.4 is 0 Å². The van der Waals surface area contributed by atoms with Crippen LogP contribution in [0, 0.1) is 19.7 Å². The zero-order valence-electron chi connectivity index (χ0n) is 20.8. The molecule has 1 atom stereocenters. The monoisotopic (exact) mass is 510 g/mol. The number of aromatic nitrogens is 8. The highest BCUT2D eigenvalue weighted by Crippen LogP contribution is 2.27. The Balaban J connectivity index is 1.31. The van der Waals surface area contributed by atoms with E-state index in [1.54, 1.807) is 39.9 Å². The molecule has 10 heteroatoms. The predicted molar refractivity (Wildman–Crippen MR) is 139 cm³/mol.